The Bertz CT molecular complexity index is 972. The number of aromatic nitrogens is 2. The summed E-state index contributed by atoms with van der Waals surface area (Å²) in [4.78, 5) is 27.8. The third-order valence-electron chi connectivity index (χ3n) is 3.98. The van der Waals surface area contributed by atoms with Crippen LogP contribution >= 0.6 is 0 Å². The van der Waals surface area contributed by atoms with Crippen molar-refractivity contribution in [2.75, 3.05) is 0 Å². The lowest BCUT2D eigenvalue weighted by atomic mass is 10.1. The van der Waals surface area contributed by atoms with Crippen LogP contribution in [0.25, 0.3) is 11.4 Å². The van der Waals surface area contributed by atoms with Gasteiger partial charge in [0.15, 0.2) is 0 Å². The average molecular weight is 400 g/mol. The van der Waals surface area contributed by atoms with Crippen LogP contribution in [0.3, 0.4) is 0 Å². The van der Waals surface area contributed by atoms with Crippen molar-refractivity contribution in [1.82, 2.24) is 21.0 Å². The molecule has 3 aromatic rings. The van der Waals surface area contributed by atoms with Crippen LogP contribution in [0, 0.1) is 11.6 Å². The minimum Gasteiger partial charge on any atom is -0.339 e. The van der Waals surface area contributed by atoms with E-state index in [0.29, 0.717) is 35.7 Å². The Hall–Kier alpha value is -3.62. The summed E-state index contributed by atoms with van der Waals surface area (Å²) in [7, 11) is 0. The second kappa shape index (κ2) is 9.54. The zero-order valence-electron chi connectivity index (χ0n) is 15.3. The number of hydrazine groups is 1. The lowest BCUT2D eigenvalue weighted by Crippen LogP contribution is -2.42. The predicted molar refractivity (Wildman–Crippen MR) is 99.0 cm³/mol. The fourth-order valence-electron chi connectivity index (χ4n) is 2.51. The average Bonchev–Trinajstić information content (AvgIpc) is 3.18. The van der Waals surface area contributed by atoms with Crippen molar-refractivity contribution in [3.8, 4) is 11.4 Å². The van der Waals surface area contributed by atoms with Crippen LogP contribution in [0.4, 0.5) is 8.78 Å². The molecule has 0 aliphatic heterocycles. The number of nitrogens with one attached hydrogen (secondary N) is 2. The van der Waals surface area contributed by atoms with E-state index in [1.807, 2.05) is 0 Å². The summed E-state index contributed by atoms with van der Waals surface area (Å²) in [5.74, 6) is -0.807. The molecule has 3 rings (SSSR count). The van der Waals surface area contributed by atoms with Crippen molar-refractivity contribution in [2.24, 2.45) is 0 Å². The number of hydrogen-bond donors (Lipinski definition) is 2. The largest absolute Gasteiger partial charge is 0.339 e. The third-order valence-corrected chi connectivity index (χ3v) is 3.98. The van der Waals surface area contributed by atoms with Crippen molar-refractivity contribution < 1.29 is 22.9 Å². The molecule has 150 valence electrons. The van der Waals surface area contributed by atoms with Crippen molar-refractivity contribution >= 4 is 11.8 Å². The maximum Gasteiger partial charge on any atom is 0.242 e. The molecule has 0 bridgehead atoms. The number of nitrogens with zero attached hydrogens (tertiary/aromatic N) is 2. The molecule has 1 heterocycles. The van der Waals surface area contributed by atoms with Gasteiger partial charge in [-0.1, -0.05) is 17.3 Å². The smallest absolute Gasteiger partial charge is 0.242 e. The number of benzene rings is 2. The molecule has 2 N–H and O–H groups in total. The van der Waals surface area contributed by atoms with E-state index in [1.54, 1.807) is 12.1 Å². The van der Waals surface area contributed by atoms with E-state index in [1.165, 1.54) is 36.4 Å². The van der Waals surface area contributed by atoms with Gasteiger partial charge in [-0.2, -0.15) is 4.98 Å². The van der Waals surface area contributed by atoms with Crippen LogP contribution in [0.2, 0.25) is 0 Å². The molecule has 0 aliphatic rings. The molecule has 0 saturated carbocycles. The molecule has 0 spiro atoms. The van der Waals surface area contributed by atoms with Gasteiger partial charge in [0.2, 0.25) is 23.5 Å². The van der Waals surface area contributed by atoms with E-state index < -0.39 is 5.91 Å². The van der Waals surface area contributed by atoms with Crippen LogP contribution in [0.1, 0.15) is 24.3 Å². The normalized spacial score (nSPS) is 10.6. The Morgan fingerprint density at radius 2 is 1.52 bits per heavy atom. The molecule has 7 nitrogen and oxygen atoms in total. The van der Waals surface area contributed by atoms with Gasteiger partial charge < -0.3 is 4.52 Å². The van der Waals surface area contributed by atoms with Crippen LogP contribution in [0.5, 0.6) is 0 Å². The first-order chi connectivity index (χ1) is 14.0. The van der Waals surface area contributed by atoms with Gasteiger partial charge in [0.25, 0.3) is 0 Å². The van der Waals surface area contributed by atoms with Crippen molar-refractivity contribution in [3.05, 3.63) is 71.6 Å². The molecule has 0 aliphatic carbocycles. The Balaban J connectivity index is 1.37. The zero-order valence-corrected chi connectivity index (χ0v) is 15.3. The number of rotatable bonds is 7. The number of amides is 2. The molecule has 0 atom stereocenters. The molecule has 1 aromatic heterocycles. The fraction of sp³-hybridized carbons (Fsp3) is 0.200. The lowest BCUT2D eigenvalue weighted by Gasteiger charge is -2.07. The zero-order chi connectivity index (χ0) is 20.6. The van der Waals surface area contributed by atoms with Gasteiger partial charge in [-0.15, -0.1) is 0 Å². The first-order valence-corrected chi connectivity index (χ1v) is 8.90. The first kappa shape index (κ1) is 20.1. The molecule has 0 unspecified atom stereocenters. The lowest BCUT2D eigenvalue weighted by molar-refractivity contribution is -0.128. The number of carbonyl (C=O) groups is 2. The minimum absolute atomic E-state index is 0.0225. The Morgan fingerprint density at radius 1 is 0.897 bits per heavy atom. The van der Waals surface area contributed by atoms with E-state index in [0.717, 1.165) is 0 Å². The van der Waals surface area contributed by atoms with E-state index >= 15 is 0 Å². The molecular weight excluding hydrogens is 382 g/mol. The van der Waals surface area contributed by atoms with Crippen LogP contribution in [-0.4, -0.2) is 22.0 Å². The number of hydrogen-bond acceptors (Lipinski definition) is 5. The molecule has 0 radical (unpaired) electrons. The maximum atomic E-state index is 12.9. The van der Waals surface area contributed by atoms with Crippen molar-refractivity contribution in [1.29, 1.82) is 0 Å². The summed E-state index contributed by atoms with van der Waals surface area (Å²) in [6, 6.07) is 11.2. The van der Waals surface area contributed by atoms with Gasteiger partial charge in [-0.25, -0.2) is 8.78 Å². The number of carbonyl (C=O) groups excluding carboxylic acids is 2. The maximum absolute atomic E-state index is 12.9. The minimum atomic E-state index is -0.411. The first-order valence-electron chi connectivity index (χ1n) is 8.90. The molecule has 0 saturated heterocycles. The quantitative estimate of drug-likeness (QED) is 0.595. The van der Waals surface area contributed by atoms with Gasteiger partial charge in [0.1, 0.15) is 11.6 Å². The van der Waals surface area contributed by atoms with E-state index in [4.69, 9.17) is 4.52 Å². The number of halogens is 2. The van der Waals surface area contributed by atoms with Gasteiger partial charge >= 0.3 is 0 Å². The topological polar surface area (TPSA) is 97.1 Å². The van der Waals surface area contributed by atoms with E-state index in [2.05, 4.69) is 21.0 Å². The van der Waals surface area contributed by atoms with Crippen LogP contribution < -0.4 is 10.9 Å². The highest BCUT2D eigenvalue weighted by Crippen LogP contribution is 2.16. The molecular formula is C20H18F2N4O3. The summed E-state index contributed by atoms with van der Waals surface area (Å²) >= 11 is 0. The van der Waals surface area contributed by atoms with Gasteiger partial charge in [-0.3, -0.25) is 20.4 Å². The summed E-state index contributed by atoms with van der Waals surface area (Å²) < 4.78 is 30.9. The summed E-state index contributed by atoms with van der Waals surface area (Å²) in [6.07, 6.45) is 0.982. The molecule has 2 aromatic carbocycles. The van der Waals surface area contributed by atoms with Crippen molar-refractivity contribution in [2.45, 2.75) is 25.7 Å². The molecule has 9 heteroatoms. The standard InChI is InChI=1S/C20H18F2N4O3/c21-15-8-4-13(5-9-15)12-18(28)25-24-17(27)2-1-3-19-23-20(26-29-19)14-6-10-16(22)11-7-14/h4-11H,1-3,12H2,(H,24,27)(H,25,28). The van der Waals surface area contributed by atoms with Crippen LogP contribution in [0.15, 0.2) is 53.1 Å². The SMILES string of the molecule is O=C(CCCc1nc(-c2ccc(F)cc2)no1)NNC(=O)Cc1ccc(F)cc1. The highest BCUT2D eigenvalue weighted by Gasteiger charge is 2.10. The fourth-order valence-corrected chi connectivity index (χ4v) is 2.51. The second-order valence-corrected chi connectivity index (χ2v) is 6.27. The summed E-state index contributed by atoms with van der Waals surface area (Å²) in [5, 5.41) is 3.83. The third kappa shape index (κ3) is 6.20. The second-order valence-electron chi connectivity index (χ2n) is 6.27. The Labute approximate surface area is 165 Å². The van der Waals surface area contributed by atoms with Gasteiger partial charge in [0.05, 0.1) is 6.42 Å². The molecule has 0 fully saturated rings. The highest BCUT2D eigenvalue weighted by molar-refractivity contribution is 5.83. The predicted octanol–water partition coefficient (Wildman–Crippen LogP) is 2.73. The van der Waals surface area contributed by atoms with Gasteiger partial charge in [-0.05, 0) is 48.4 Å². The number of aryl methyl sites for hydroxylation is 1. The van der Waals surface area contributed by atoms with E-state index in [-0.39, 0.29) is 30.4 Å². The van der Waals surface area contributed by atoms with Crippen molar-refractivity contribution in [3.63, 3.8) is 0 Å². The summed E-state index contributed by atoms with van der Waals surface area (Å²) in [6.45, 7) is 0. The van der Waals surface area contributed by atoms with E-state index in [9.17, 15) is 18.4 Å². The van der Waals surface area contributed by atoms with Crippen LogP contribution in [-0.2, 0) is 22.4 Å². The summed E-state index contributed by atoms with van der Waals surface area (Å²) in [5.41, 5.74) is 5.89. The Kier molecular flexibility index (Phi) is 6.62. The molecule has 29 heavy (non-hydrogen) atoms. The monoisotopic (exact) mass is 400 g/mol. The van der Waals surface area contributed by atoms with Gasteiger partial charge in [0, 0.05) is 18.4 Å². The highest BCUT2D eigenvalue weighted by atomic mass is 19.1. The molecule has 2 amide bonds. The Morgan fingerprint density at radius 3 is 2.21 bits per heavy atom.